The fraction of sp³-hybridized carbons (Fsp3) is 0.889. The molecular formula is C9H17NO2. The van der Waals surface area contributed by atoms with E-state index in [1.165, 1.54) is 20.0 Å². The van der Waals surface area contributed by atoms with Gasteiger partial charge in [-0.25, -0.2) is 0 Å². The van der Waals surface area contributed by atoms with Crippen molar-refractivity contribution in [3.63, 3.8) is 0 Å². The van der Waals surface area contributed by atoms with Gasteiger partial charge in [-0.15, -0.1) is 0 Å². The van der Waals surface area contributed by atoms with Gasteiger partial charge >= 0.3 is 0 Å². The first-order valence-corrected chi connectivity index (χ1v) is 4.46. The van der Waals surface area contributed by atoms with E-state index in [-0.39, 0.29) is 18.1 Å². The standard InChI is InChI=1S/C9H17NO2/c1-9(5-3-4-6-9)10-8(11)7-12-2/h3-7H2,1-2H3,(H,10,11). The molecule has 1 fully saturated rings. The molecule has 70 valence electrons. The molecule has 0 bridgehead atoms. The van der Waals surface area contributed by atoms with Crippen LogP contribution in [0.1, 0.15) is 32.6 Å². The van der Waals surface area contributed by atoms with Gasteiger partial charge in [0.2, 0.25) is 5.91 Å². The van der Waals surface area contributed by atoms with E-state index >= 15 is 0 Å². The molecule has 1 amide bonds. The summed E-state index contributed by atoms with van der Waals surface area (Å²) in [5.74, 6) is 0.00176. The van der Waals surface area contributed by atoms with E-state index in [4.69, 9.17) is 4.74 Å². The number of carbonyl (C=O) groups is 1. The van der Waals surface area contributed by atoms with Gasteiger partial charge in [0.15, 0.2) is 0 Å². The van der Waals surface area contributed by atoms with Crippen molar-refractivity contribution in [3.05, 3.63) is 0 Å². The molecule has 0 aromatic heterocycles. The lowest BCUT2D eigenvalue weighted by Gasteiger charge is -2.24. The Balaban J connectivity index is 2.33. The average Bonchev–Trinajstić information content (AvgIpc) is 2.36. The minimum Gasteiger partial charge on any atom is -0.375 e. The maximum atomic E-state index is 11.2. The maximum absolute atomic E-state index is 11.2. The van der Waals surface area contributed by atoms with Gasteiger partial charge in [-0.05, 0) is 19.8 Å². The van der Waals surface area contributed by atoms with Crippen molar-refractivity contribution in [2.75, 3.05) is 13.7 Å². The van der Waals surface area contributed by atoms with Crippen LogP contribution in [0.25, 0.3) is 0 Å². The summed E-state index contributed by atoms with van der Waals surface area (Å²) in [5, 5.41) is 2.99. The zero-order valence-corrected chi connectivity index (χ0v) is 7.85. The number of hydrogen-bond acceptors (Lipinski definition) is 2. The van der Waals surface area contributed by atoms with Gasteiger partial charge in [0.25, 0.3) is 0 Å². The van der Waals surface area contributed by atoms with Crippen LogP contribution in [-0.4, -0.2) is 25.2 Å². The smallest absolute Gasteiger partial charge is 0.246 e. The summed E-state index contributed by atoms with van der Waals surface area (Å²) < 4.78 is 4.75. The molecule has 12 heavy (non-hydrogen) atoms. The quantitative estimate of drug-likeness (QED) is 0.690. The second-order valence-electron chi connectivity index (χ2n) is 3.75. The summed E-state index contributed by atoms with van der Waals surface area (Å²) in [6.45, 7) is 2.28. The third-order valence-corrected chi connectivity index (χ3v) is 2.42. The number of methoxy groups -OCH3 is 1. The Morgan fingerprint density at radius 2 is 2.08 bits per heavy atom. The molecule has 0 aliphatic heterocycles. The fourth-order valence-electron chi connectivity index (χ4n) is 1.78. The van der Waals surface area contributed by atoms with Crippen molar-refractivity contribution in [3.8, 4) is 0 Å². The normalized spacial score (nSPS) is 20.8. The minimum atomic E-state index is 0.00176. The summed E-state index contributed by atoms with van der Waals surface area (Å²) in [6, 6.07) is 0. The third kappa shape index (κ3) is 2.48. The number of carbonyl (C=O) groups excluding carboxylic acids is 1. The van der Waals surface area contributed by atoms with Crippen molar-refractivity contribution in [2.24, 2.45) is 0 Å². The first-order chi connectivity index (χ1) is 5.66. The van der Waals surface area contributed by atoms with Gasteiger partial charge in [0.1, 0.15) is 6.61 Å². The third-order valence-electron chi connectivity index (χ3n) is 2.42. The monoisotopic (exact) mass is 171 g/mol. The summed E-state index contributed by atoms with van der Waals surface area (Å²) in [6.07, 6.45) is 4.65. The molecule has 0 aromatic carbocycles. The number of hydrogen-bond donors (Lipinski definition) is 1. The predicted octanol–water partition coefficient (Wildman–Crippen LogP) is 1.08. The van der Waals surface area contributed by atoms with Gasteiger partial charge in [-0.1, -0.05) is 12.8 Å². The van der Waals surface area contributed by atoms with Crippen LogP contribution < -0.4 is 5.32 Å². The van der Waals surface area contributed by atoms with Crippen LogP contribution in [-0.2, 0) is 9.53 Å². The summed E-state index contributed by atoms with van der Waals surface area (Å²) in [4.78, 5) is 11.2. The topological polar surface area (TPSA) is 38.3 Å². The zero-order valence-electron chi connectivity index (χ0n) is 7.85. The molecule has 1 aliphatic rings. The van der Waals surface area contributed by atoms with Crippen LogP contribution in [0.3, 0.4) is 0 Å². The van der Waals surface area contributed by atoms with Gasteiger partial charge in [-0.2, -0.15) is 0 Å². The molecule has 0 unspecified atom stereocenters. The lowest BCUT2D eigenvalue weighted by molar-refractivity contribution is -0.126. The van der Waals surface area contributed by atoms with E-state index in [0.29, 0.717) is 0 Å². The van der Waals surface area contributed by atoms with Crippen LogP contribution in [0.2, 0.25) is 0 Å². The fourth-order valence-corrected chi connectivity index (χ4v) is 1.78. The molecule has 3 heteroatoms. The van der Waals surface area contributed by atoms with Gasteiger partial charge in [0.05, 0.1) is 0 Å². The number of ether oxygens (including phenoxy) is 1. The SMILES string of the molecule is COCC(=O)NC1(C)CCCC1. The first kappa shape index (κ1) is 9.52. The highest BCUT2D eigenvalue weighted by Crippen LogP contribution is 2.28. The summed E-state index contributed by atoms with van der Waals surface area (Å²) >= 11 is 0. The van der Waals surface area contributed by atoms with E-state index < -0.39 is 0 Å². The molecule has 1 rings (SSSR count). The molecule has 3 nitrogen and oxygen atoms in total. The van der Waals surface area contributed by atoms with Gasteiger partial charge in [0, 0.05) is 12.6 Å². The van der Waals surface area contributed by atoms with Crippen molar-refractivity contribution < 1.29 is 9.53 Å². The van der Waals surface area contributed by atoms with Crippen LogP contribution in [0, 0.1) is 0 Å². The highest BCUT2D eigenvalue weighted by atomic mass is 16.5. The Morgan fingerprint density at radius 3 is 2.58 bits per heavy atom. The van der Waals surface area contributed by atoms with Crippen LogP contribution in [0.4, 0.5) is 0 Å². The highest BCUT2D eigenvalue weighted by Gasteiger charge is 2.29. The average molecular weight is 171 g/mol. The second-order valence-corrected chi connectivity index (χ2v) is 3.75. The lowest BCUT2D eigenvalue weighted by atomic mass is 10.0. The number of amides is 1. The Morgan fingerprint density at radius 1 is 1.50 bits per heavy atom. The van der Waals surface area contributed by atoms with Gasteiger partial charge < -0.3 is 10.1 Å². The molecule has 0 aromatic rings. The summed E-state index contributed by atoms with van der Waals surface area (Å²) in [7, 11) is 1.54. The van der Waals surface area contributed by atoms with E-state index in [0.717, 1.165) is 12.8 Å². The number of nitrogens with one attached hydrogen (secondary N) is 1. The van der Waals surface area contributed by atoms with Crippen molar-refractivity contribution in [1.82, 2.24) is 5.32 Å². The molecule has 0 saturated heterocycles. The zero-order chi connectivity index (χ0) is 9.03. The molecule has 0 radical (unpaired) electrons. The van der Waals surface area contributed by atoms with Crippen molar-refractivity contribution in [1.29, 1.82) is 0 Å². The first-order valence-electron chi connectivity index (χ1n) is 4.46. The van der Waals surface area contributed by atoms with E-state index in [9.17, 15) is 4.79 Å². The predicted molar refractivity (Wildman–Crippen MR) is 46.9 cm³/mol. The molecule has 1 N–H and O–H groups in total. The van der Waals surface area contributed by atoms with Crippen LogP contribution >= 0.6 is 0 Å². The molecule has 1 saturated carbocycles. The molecule has 0 spiro atoms. The highest BCUT2D eigenvalue weighted by molar-refractivity contribution is 5.78. The van der Waals surface area contributed by atoms with E-state index in [1.807, 2.05) is 0 Å². The maximum Gasteiger partial charge on any atom is 0.246 e. The van der Waals surface area contributed by atoms with E-state index in [1.54, 1.807) is 0 Å². The Kier molecular flexibility index (Phi) is 3.09. The van der Waals surface area contributed by atoms with Gasteiger partial charge in [-0.3, -0.25) is 4.79 Å². The lowest BCUT2D eigenvalue weighted by Crippen LogP contribution is -2.45. The summed E-state index contributed by atoms with van der Waals surface area (Å²) in [5.41, 5.74) is 0.0373. The molecule has 1 aliphatic carbocycles. The number of rotatable bonds is 3. The van der Waals surface area contributed by atoms with E-state index in [2.05, 4.69) is 12.2 Å². The van der Waals surface area contributed by atoms with Crippen LogP contribution in [0.15, 0.2) is 0 Å². The minimum absolute atomic E-state index is 0.00176. The van der Waals surface area contributed by atoms with Crippen molar-refractivity contribution in [2.45, 2.75) is 38.1 Å². The van der Waals surface area contributed by atoms with Crippen LogP contribution in [0.5, 0.6) is 0 Å². The molecular weight excluding hydrogens is 154 g/mol. The largest absolute Gasteiger partial charge is 0.375 e. The Hall–Kier alpha value is -0.570. The molecule has 0 heterocycles. The Labute approximate surface area is 73.5 Å². The Bertz CT molecular complexity index is 162. The van der Waals surface area contributed by atoms with Crippen molar-refractivity contribution >= 4 is 5.91 Å². The molecule has 0 atom stereocenters. The second kappa shape index (κ2) is 3.90.